The van der Waals surface area contributed by atoms with Crippen LogP contribution in [0.15, 0.2) is 34.3 Å². The second kappa shape index (κ2) is 13.5. The number of benzene rings is 2. The van der Waals surface area contributed by atoms with Crippen molar-refractivity contribution in [3.63, 3.8) is 0 Å². The summed E-state index contributed by atoms with van der Waals surface area (Å²) in [5, 5.41) is 0. The first-order chi connectivity index (χ1) is 13.3. The average molecular weight is 479 g/mol. The zero-order valence-electron chi connectivity index (χ0n) is 17.3. The fourth-order valence-electron chi connectivity index (χ4n) is 3.18. The second-order valence-corrected chi connectivity index (χ2v) is 9.60. The second-order valence-electron chi connectivity index (χ2n) is 6.71. The molecule has 2 aromatic carbocycles. The molecule has 0 heterocycles. The van der Waals surface area contributed by atoms with Crippen molar-refractivity contribution in [1.82, 2.24) is 0 Å². The Kier molecular flexibility index (Phi) is 12.1. The number of rotatable bonds is 6. The summed E-state index contributed by atoms with van der Waals surface area (Å²) in [6, 6.07) is 8.74. The van der Waals surface area contributed by atoms with E-state index in [4.69, 9.17) is 20.2 Å². The van der Waals surface area contributed by atoms with Crippen LogP contribution in [0, 0.1) is 41.5 Å². The maximum atomic E-state index is 4.76. The van der Waals surface area contributed by atoms with Gasteiger partial charge in [0.1, 0.15) is 0 Å². The summed E-state index contributed by atoms with van der Waals surface area (Å²) in [4.78, 5) is 9.30. The number of aliphatic imine (C=N–C) groups is 2. The molecule has 0 N–H and O–H groups in total. The van der Waals surface area contributed by atoms with Crippen molar-refractivity contribution in [2.75, 3.05) is 11.5 Å². The fraction of sp³-hybridized carbons (Fsp3) is 0.364. The first kappa shape index (κ1) is 25.3. The van der Waals surface area contributed by atoms with E-state index in [1.165, 1.54) is 33.4 Å². The number of hydrogen-bond acceptors (Lipinski definition) is 3. The zero-order valence-corrected chi connectivity index (χ0v) is 20.7. The van der Waals surface area contributed by atoms with Crippen LogP contribution in [0.25, 0.3) is 0 Å². The van der Waals surface area contributed by atoms with Gasteiger partial charge in [-0.1, -0.05) is 35.4 Å². The monoisotopic (exact) mass is 478 g/mol. The Labute approximate surface area is 188 Å². The van der Waals surface area contributed by atoms with Crippen LogP contribution < -0.4 is 0 Å². The van der Waals surface area contributed by atoms with E-state index in [9.17, 15) is 0 Å². The Hall–Kier alpha value is -0.771. The van der Waals surface area contributed by atoms with Crippen LogP contribution in [0.4, 0.5) is 11.4 Å². The van der Waals surface area contributed by atoms with E-state index in [1.807, 2.05) is 24.2 Å². The molecule has 0 aliphatic rings. The van der Waals surface area contributed by atoms with E-state index in [-0.39, 0.29) is 13.1 Å². The first-order valence-electron chi connectivity index (χ1n) is 8.93. The van der Waals surface area contributed by atoms with Gasteiger partial charge >= 0.3 is 33.3 Å². The van der Waals surface area contributed by atoms with Crippen LogP contribution in [0.2, 0.25) is 0 Å². The van der Waals surface area contributed by atoms with Gasteiger partial charge in [0.15, 0.2) is 0 Å². The van der Waals surface area contributed by atoms with Crippen molar-refractivity contribution >= 4 is 55.8 Å². The van der Waals surface area contributed by atoms with Crippen LogP contribution in [0.5, 0.6) is 0 Å². The van der Waals surface area contributed by atoms with Crippen LogP contribution >= 0.6 is 32.0 Å². The normalized spacial score (nSPS) is 11.3. The summed E-state index contributed by atoms with van der Waals surface area (Å²) in [5.41, 5.74) is 9.76. The van der Waals surface area contributed by atoms with Gasteiger partial charge in [0, 0.05) is 23.9 Å². The summed E-state index contributed by atoms with van der Waals surface area (Å²) in [7, 11) is 9.53. The quantitative estimate of drug-likeness (QED) is 0.236. The van der Waals surface area contributed by atoms with Crippen molar-refractivity contribution in [1.29, 1.82) is 0 Å². The molecule has 0 unspecified atom stereocenters. The molecular formula is C22H28Cl2FeN2S. The summed E-state index contributed by atoms with van der Waals surface area (Å²) in [6.45, 7) is 12.7. The molecule has 0 saturated carbocycles. The van der Waals surface area contributed by atoms with Gasteiger partial charge in [0.25, 0.3) is 0 Å². The Bertz CT molecular complexity index is 722. The van der Waals surface area contributed by atoms with Gasteiger partial charge in [-0.3, -0.25) is 9.98 Å². The number of halogens is 2. The average Bonchev–Trinajstić information content (AvgIpc) is 2.58. The van der Waals surface area contributed by atoms with Gasteiger partial charge in [0.2, 0.25) is 0 Å². The molecule has 0 amide bonds. The Morgan fingerprint density at radius 1 is 0.714 bits per heavy atom. The molecule has 0 fully saturated rings. The van der Waals surface area contributed by atoms with Gasteiger partial charge in [0.05, 0.1) is 11.4 Å². The molecule has 0 spiro atoms. The van der Waals surface area contributed by atoms with Crippen LogP contribution in [-0.4, -0.2) is 23.9 Å². The molecule has 0 aliphatic carbocycles. The number of aryl methyl sites for hydroxylation is 6. The third kappa shape index (κ3) is 8.71. The molecule has 2 nitrogen and oxygen atoms in total. The first-order valence-corrected chi connectivity index (χ1v) is 13.1. The van der Waals surface area contributed by atoms with E-state index in [0.717, 1.165) is 22.9 Å². The number of hydrogen-bond donors (Lipinski definition) is 0. The summed E-state index contributed by atoms with van der Waals surface area (Å²) in [6.07, 6.45) is 4.01. The molecule has 6 heteroatoms. The topological polar surface area (TPSA) is 24.7 Å². The van der Waals surface area contributed by atoms with Gasteiger partial charge < -0.3 is 0 Å². The number of nitrogens with zero attached hydrogens (tertiary/aromatic N) is 2. The standard InChI is InChI=1S/C22H28N2S.2ClH.Fe/c1-15-11-17(3)21(18(4)12-15)23-7-9-25-10-8-24-22-19(5)13-16(2)14-20(22)6;;;/h7-8,11-14H,9-10H2,1-6H3;2*1H;/q;;;+2/p-2. The number of thioether (sulfide) groups is 1. The zero-order chi connectivity index (χ0) is 21.1. The van der Waals surface area contributed by atoms with Crippen molar-refractivity contribution in [3.05, 3.63) is 57.6 Å². The third-order valence-electron chi connectivity index (χ3n) is 4.10. The fourth-order valence-corrected chi connectivity index (χ4v) is 3.68. The molecule has 154 valence electrons. The van der Waals surface area contributed by atoms with E-state index >= 15 is 0 Å². The minimum absolute atomic E-state index is 0.194. The molecule has 0 saturated heterocycles. The van der Waals surface area contributed by atoms with Crippen LogP contribution in [0.1, 0.15) is 33.4 Å². The minimum atomic E-state index is 0.194. The molecule has 0 radical (unpaired) electrons. The molecule has 2 aromatic rings. The van der Waals surface area contributed by atoms with Crippen molar-refractivity contribution in [3.8, 4) is 0 Å². The molecule has 0 aromatic heterocycles. The van der Waals surface area contributed by atoms with E-state index in [2.05, 4.69) is 75.8 Å². The molecule has 28 heavy (non-hydrogen) atoms. The van der Waals surface area contributed by atoms with E-state index < -0.39 is 0 Å². The van der Waals surface area contributed by atoms with Gasteiger partial charge in [-0.2, -0.15) is 11.8 Å². The maximum absolute atomic E-state index is 4.76. The summed E-state index contributed by atoms with van der Waals surface area (Å²) in [5.74, 6) is 1.79. The predicted octanol–water partition coefficient (Wildman–Crippen LogP) is 7.75. The van der Waals surface area contributed by atoms with Crippen molar-refractivity contribution in [2.24, 2.45) is 9.98 Å². The summed E-state index contributed by atoms with van der Waals surface area (Å²) < 4.78 is 0. The van der Waals surface area contributed by atoms with Crippen LogP contribution in [0.3, 0.4) is 0 Å². The van der Waals surface area contributed by atoms with Gasteiger partial charge in [-0.25, -0.2) is 0 Å². The SMILES string of the molecule is Cc1cc(C)c(N=CCSCC=Nc2c(C)cc(C)cc2C)c(C)c1.[Cl][Fe][Cl]. The van der Waals surface area contributed by atoms with E-state index in [1.54, 1.807) is 0 Å². The van der Waals surface area contributed by atoms with Crippen molar-refractivity contribution < 1.29 is 13.1 Å². The predicted molar refractivity (Wildman–Crippen MR) is 127 cm³/mol. The van der Waals surface area contributed by atoms with Gasteiger partial charge in [-0.05, 0) is 63.8 Å². The summed E-state index contributed by atoms with van der Waals surface area (Å²) >= 11 is 2.02. The van der Waals surface area contributed by atoms with Crippen molar-refractivity contribution in [2.45, 2.75) is 41.5 Å². The molecule has 2 rings (SSSR count). The van der Waals surface area contributed by atoms with E-state index in [0.29, 0.717) is 0 Å². The molecule has 0 bridgehead atoms. The molecular weight excluding hydrogens is 451 g/mol. The molecule has 0 aliphatic heterocycles. The Balaban J connectivity index is 0.00000122. The van der Waals surface area contributed by atoms with Gasteiger partial charge in [-0.15, -0.1) is 0 Å². The third-order valence-corrected chi connectivity index (χ3v) is 4.87. The van der Waals surface area contributed by atoms with Crippen LogP contribution in [-0.2, 0) is 13.1 Å². The molecule has 0 atom stereocenters. The Morgan fingerprint density at radius 3 is 1.29 bits per heavy atom. The Morgan fingerprint density at radius 2 is 1.00 bits per heavy atom.